The molecule has 0 spiro atoms. The highest BCUT2D eigenvalue weighted by Crippen LogP contribution is 2.26. The molecule has 102 valence electrons. The van der Waals surface area contributed by atoms with E-state index in [2.05, 4.69) is 35.0 Å². The monoisotopic (exact) mass is 277 g/mol. The van der Waals surface area contributed by atoms with Crippen LogP contribution >= 0.6 is 11.3 Å². The van der Waals surface area contributed by atoms with Crippen molar-refractivity contribution in [2.24, 2.45) is 0 Å². The van der Waals surface area contributed by atoms with E-state index in [4.69, 9.17) is 4.74 Å². The average molecular weight is 277 g/mol. The second-order valence-electron chi connectivity index (χ2n) is 5.20. The summed E-state index contributed by atoms with van der Waals surface area (Å²) in [5.74, 6) is 0. The molecule has 0 amide bonds. The van der Waals surface area contributed by atoms with Gasteiger partial charge in [-0.2, -0.15) is 0 Å². The molecule has 19 heavy (non-hydrogen) atoms. The molecule has 2 N–H and O–H groups in total. The maximum atomic E-state index is 10.4. The van der Waals surface area contributed by atoms with Crippen LogP contribution in [0, 0.1) is 0 Å². The fraction of sp³-hybridized carbons (Fsp3) is 0.467. The Bertz CT molecular complexity index is 546. The zero-order chi connectivity index (χ0) is 13.1. The molecule has 0 aliphatic carbocycles. The molecular weight excluding hydrogens is 258 g/mol. The highest BCUT2D eigenvalue weighted by Gasteiger charge is 2.29. The normalized spacial score (nSPS) is 18.8. The summed E-state index contributed by atoms with van der Waals surface area (Å²) in [5.41, 5.74) is 0.723. The van der Waals surface area contributed by atoms with Gasteiger partial charge in [-0.05, 0) is 22.4 Å². The number of hydrogen-bond donors (Lipinski definition) is 2. The van der Waals surface area contributed by atoms with Crippen LogP contribution in [0.15, 0.2) is 29.6 Å². The quantitative estimate of drug-likeness (QED) is 0.902. The Kier molecular flexibility index (Phi) is 3.84. The average Bonchev–Trinajstić information content (AvgIpc) is 2.83. The van der Waals surface area contributed by atoms with E-state index in [1.54, 1.807) is 11.3 Å². The molecule has 0 atom stereocenters. The minimum absolute atomic E-state index is 0.593. The number of nitrogens with one attached hydrogen (secondary N) is 1. The van der Waals surface area contributed by atoms with Gasteiger partial charge >= 0.3 is 0 Å². The number of aliphatic hydroxyl groups is 1. The topological polar surface area (TPSA) is 41.5 Å². The number of benzene rings is 1. The van der Waals surface area contributed by atoms with E-state index in [0.717, 1.165) is 19.4 Å². The Labute approximate surface area is 117 Å². The third kappa shape index (κ3) is 2.98. The Morgan fingerprint density at radius 1 is 1.26 bits per heavy atom. The number of fused-ring (bicyclic) bond motifs is 1. The van der Waals surface area contributed by atoms with Crippen molar-refractivity contribution in [1.29, 1.82) is 0 Å². The summed E-state index contributed by atoms with van der Waals surface area (Å²) in [7, 11) is 0. The van der Waals surface area contributed by atoms with Crippen molar-refractivity contribution in [3.63, 3.8) is 0 Å². The predicted molar refractivity (Wildman–Crippen MR) is 78.5 cm³/mol. The molecular formula is C15H19NO2S. The minimum Gasteiger partial charge on any atom is -0.388 e. The molecule has 1 aliphatic heterocycles. The van der Waals surface area contributed by atoms with Crippen LogP contribution in [0.3, 0.4) is 0 Å². The molecule has 1 saturated heterocycles. The van der Waals surface area contributed by atoms with Gasteiger partial charge in [-0.3, -0.25) is 0 Å². The fourth-order valence-electron chi connectivity index (χ4n) is 2.53. The lowest BCUT2D eigenvalue weighted by Gasteiger charge is -2.32. The molecule has 1 aromatic heterocycles. The zero-order valence-corrected chi connectivity index (χ0v) is 11.7. The second-order valence-corrected chi connectivity index (χ2v) is 6.11. The van der Waals surface area contributed by atoms with Gasteiger partial charge in [0.1, 0.15) is 0 Å². The van der Waals surface area contributed by atoms with Gasteiger partial charge in [-0.25, -0.2) is 0 Å². The van der Waals surface area contributed by atoms with Gasteiger partial charge in [-0.15, -0.1) is 11.3 Å². The number of thiophene rings is 1. The summed E-state index contributed by atoms with van der Waals surface area (Å²) in [6, 6.07) is 8.45. The Morgan fingerprint density at radius 3 is 2.89 bits per heavy atom. The van der Waals surface area contributed by atoms with Crippen LogP contribution in [0.2, 0.25) is 0 Å². The van der Waals surface area contributed by atoms with E-state index in [9.17, 15) is 5.11 Å². The fourth-order valence-corrected chi connectivity index (χ4v) is 3.49. The lowest BCUT2D eigenvalue weighted by atomic mass is 9.94. The first-order valence-corrected chi connectivity index (χ1v) is 7.61. The van der Waals surface area contributed by atoms with Crippen LogP contribution in [0.25, 0.3) is 10.1 Å². The van der Waals surface area contributed by atoms with Gasteiger partial charge in [0.05, 0.1) is 5.60 Å². The first-order valence-electron chi connectivity index (χ1n) is 6.73. The Hall–Kier alpha value is -0.940. The molecule has 0 saturated carbocycles. The van der Waals surface area contributed by atoms with E-state index in [-0.39, 0.29) is 0 Å². The minimum atomic E-state index is -0.593. The third-order valence-corrected chi connectivity index (χ3v) is 4.77. The van der Waals surface area contributed by atoms with Gasteiger partial charge in [0, 0.05) is 43.8 Å². The maximum Gasteiger partial charge on any atom is 0.0815 e. The van der Waals surface area contributed by atoms with Crippen molar-refractivity contribution in [2.45, 2.75) is 25.0 Å². The van der Waals surface area contributed by atoms with Gasteiger partial charge < -0.3 is 15.2 Å². The van der Waals surface area contributed by atoms with Gasteiger partial charge in [0.25, 0.3) is 0 Å². The van der Waals surface area contributed by atoms with Crippen molar-refractivity contribution in [3.05, 3.63) is 35.2 Å². The molecule has 0 radical (unpaired) electrons. The second kappa shape index (κ2) is 5.59. The summed E-state index contributed by atoms with van der Waals surface area (Å²) < 4.78 is 6.61. The standard InChI is InChI=1S/C15H19NO2S/c17-15(5-7-18-8-6-15)11-16-9-12-10-19-14-4-2-1-3-13(12)14/h1-4,10,16-17H,5-9,11H2. The lowest BCUT2D eigenvalue weighted by molar-refractivity contribution is -0.0616. The third-order valence-electron chi connectivity index (χ3n) is 3.75. The van der Waals surface area contributed by atoms with E-state index < -0.39 is 5.60 Å². The molecule has 2 heterocycles. The smallest absolute Gasteiger partial charge is 0.0815 e. The number of hydrogen-bond acceptors (Lipinski definition) is 4. The molecule has 2 aromatic rings. The number of ether oxygens (including phenoxy) is 1. The van der Waals surface area contributed by atoms with E-state index >= 15 is 0 Å². The molecule has 1 fully saturated rings. The number of rotatable bonds is 4. The highest BCUT2D eigenvalue weighted by molar-refractivity contribution is 7.17. The van der Waals surface area contributed by atoms with Gasteiger partial charge in [0.15, 0.2) is 0 Å². The Balaban J connectivity index is 1.60. The first-order chi connectivity index (χ1) is 9.27. The molecule has 3 nitrogen and oxygen atoms in total. The highest BCUT2D eigenvalue weighted by atomic mass is 32.1. The predicted octanol–water partition coefficient (Wildman–Crippen LogP) is 2.53. The van der Waals surface area contributed by atoms with Crippen LogP contribution in [0.5, 0.6) is 0 Å². The van der Waals surface area contributed by atoms with E-state index in [1.165, 1.54) is 15.6 Å². The van der Waals surface area contributed by atoms with Crippen molar-refractivity contribution in [1.82, 2.24) is 5.32 Å². The van der Waals surface area contributed by atoms with Crippen molar-refractivity contribution in [2.75, 3.05) is 19.8 Å². The van der Waals surface area contributed by atoms with Crippen LogP contribution < -0.4 is 5.32 Å². The van der Waals surface area contributed by atoms with Crippen molar-refractivity contribution in [3.8, 4) is 0 Å². The summed E-state index contributed by atoms with van der Waals surface area (Å²) in [6.07, 6.45) is 1.45. The summed E-state index contributed by atoms with van der Waals surface area (Å²) in [4.78, 5) is 0. The molecule has 0 bridgehead atoms. The van der Waals surface area contributed by atoms with Gasteiger partial charge in [-0.1, -0.05) is 18.2 Å². The van der Waals surface area contributed by atoms with Gasteiger partial charge in [0.2, 0.25) is 0 Å². The SMILES string of the molecule is OC1(CNCc2csc3ccccc23)CCOCC1. The molecule has 3 rings (SSSR count). The van der Waals surface area contributed by atoms with Crippen LogP contribution in [-0.2, 0) is 11.3 Å². The molecule has 0 unspecified atom stereocenters. The summed E-state index contributed by atoms with van der Waals surface area (Å²) in [6.45, 7) is 2.78. The van der Waals surface area contributed by atoms with Crippen LogP contribution in [0.4, 0.5) is 0 Å². The van der Waals surface area contributed by atoms with E-state index in [0.29, 0.717) is 19.8 Å². The molecule has 1 aromatic carbocycles. The molecule has 4 heteroatoms. The van der Waals surface area contributed by atoms with Crippen LogP contribution in [0.1, 0.15) is 18.4 Å². The van der Waals surface area contributed by atoms with Crippen molar-refractivity contribution < 1.29 is 9.84 Å². The van der Waals surface area contributed by atoms with Crippen LogP contribution in [-0.4, -0.2) is 30.5 Å². The Morgan fingerprint density at radius 2 is 2.05 bits per heavy atom. The largest absolute Gasteiger partial charge is 0.388 e. The first kappa shape index (κ1) is 13.1. The zero-order valence-electron chi connectivity index (χ0n) is 10.9. The molecule has 1 aliphatic rings. The maximum absolute atomic E-state index is 10.4. The lowest BCUT2D eigenvalue weighted by Crippen LogP contribution is -2.44. The van der Waals surface area contributed by atoms with Crippen molar-refractivity contribution >= 4 is 21.4 Å². The summed E-state index contributed by atoms with van der Waals surface area (Å²) in [5, 5.41) is 17.3. The summed E-state index contributed by atoms with van der Waals surface area (Å²) >= 11 is 1.78. The van der Waals surface area contributed by atoms with E-state index in [1.807, 2.05) is 0 Å².